The van der Waals surface area contributed by atoms with E-state index in [-0.39, 0.29) is 5.25 Å². The molecule has 1 saturated carbocycles. The molecule has 9 atom stereocenters. The van der Waals surface area contributed by atoms with Crippen LogP contribution in [0.2, 0.25) is 0 Å². The lowest BCUT2D eigenvalue weighted by Crippen LogP contribution is -2.36. The number of H-pyrrole nitrogens is 1. The number of aromatic amines is 1. The third kappa shape index (κ3) is 9.41. The molecule has 6 unspecified atom stereocenters. The highest BCUT2D eigenvalue weighted by Gasteiger charge is 2.55. The van der Waals surface area contributed by atoms with Crippen molar-refractivity contribution in [2.75, 3.05) is 6.61 Å². The smallest absolute Gasteiger partial charge is 0.346 e. The quantitative estimate of drug-likeness (QED) is 0.148. The maximum Gasteiger partial charge on any atom is 0.490 e. The van der Waals surface area contributed by atoms with Crippen molar-refractivity contribution in [2.45, 2.75) is 68.2 Å². The molecule has 0 bridgehead atoms. The number of fused-ring (bicyclic) bond motifs is 2. The molecular formula is C26H32N2O17P4S. The van der Waals surface area contributed by atoms with Crippen molar-refractivity contribution < 1.29 is 69.5 Å². The second kappa shape index (κ2) is 14.9. The summed E-state index contributed by atoms with van der Waals surface area (Å²) in [5.74, 6) is 0. The molecule has 3 aromatic rings. The van der Waals surface area contributed by atoms with Gasteiger partial charge in [0.25, 0.3) is 5.56 Å². The van der Waals surface area contributed by atoms with Crippen molar-refractivity contribution >= 4 is 52.4 Å². The highest BCUT2D eigenvalue weighted by molar-refractivity contribution is 8.55. The highest BCUT2D eigenvalue weighted by Crippen LogP contribution is 2.74. The summed E-state index contributed by atoms with van der Waals surface area (Å²) < 4.78 is 86.2. The molecule has 50 heavy (non-hydrogen) atoms. The van der Waals surface area contributed by atoms with Gasteiger partial charge in [0.1, 0.15) is 18.3 Å². The predicted octanol–water partition coefficient (Wildman–Crippen LogP) is 4.60. The molecule has 0 amide bonds. The van der Waals surface area contributed by atoms with Crippen molar-refractivity contribution in [1.29, 1.82) is 0 Å². The SMILES string of the molecule is O=c1ccn([C@@H]2O[C@H](COP(=O)(O)OP(=O)(O)OP(=O)(O)OP(=O)(O)SC3CCCCC3)[C@@H]3OC(c4ccc5ccccc5c4)OC32)c(=O)[nH]1. The maximum absolute atomic E-state index is 12.7. The van der Waals surface area contributed by atoms with Crippen LogP contribution in [0.4, 0.5) is 0 Å². The van der Waals surface area contributed by atoms with Crippen molar-refractivity contribution in [3.63, 3.8) is 0 Å². The Kier molecular flexibility index (Phi) is 11.3. The second-order valence-corrected chi connectivity index (χ2v) is 20.4. The molecule has 19 nitrogen and oxygen atoms in total. The number of benzene rings is 2. The van der Waals surface area contributed by atoms with Gasteiger partial charge in [-0.05, 0) is 41.1 Å². The Morgan fingerprint density at radius 3 is 2.18 bits per heavy atom. The van der Waals surface area contributed by atoms with Crippen LogP contribution in [0.15, 0.2) is 64.3 Å². The monoisotopic (exact) mass is 800 g/mol. The molecule has 5 N–H and O–H groups in total. The summed E-state index contributed by atoms with van der Waals surface area (Å²) in [4.78, 5) is 66.6. The number of phosphoric acid groups is 3. The zero-order valence-electron chi connectivity index (χ0n) is 25.6. The average Bonchev–Trinajstić information content (AvgIpc) is 3.58. The molecule has 0 radical (unpaired) electrons. The molecule has 2 aliphatic heterocycles. The van der Waals surface area contributed by atoms with E-state index in [1.54, 1.807) is 6.07 Å². The number of hydrogen-bond acceptors (Lipinski definition) is 14. The first-order chi connectivity index (χ1) is 23.5. The van der Waals surface area contributed by atoms with E-state index in [9.17, 15) is 47.4 Å². The van der Waals surface area contributed by atoms with Crippen LogP contribution in [-0.2, 0) is 49.9 Å². The minimum Gasteiger partial charge on any atom is -0.346 e. The fourth-order valence-corrected chi connectivity index (χ4v) is 14.2. The van der Waals surface area contributed by atoms with Gasteiger partial charge in [0, 0.05) is 23.1 Å². The first-order valence-electron chi connectivity index (χ1n) is 15.0. The average molecular weight is 801 g/mol. The van der Waals surface area contributed by atoms with Gasteiger partial charge >= 0.3 is 36.0 Å². The molecule has 2 aromatic carbocycles. The summed E-state index contributed by atoms with van der Waals surface area (Å²) >= 11 is 0.379. The number of aromatic nitrogens is 2. The Bertz CT molecular complexity index is 2040. The maximum atomic E-state index is 12.7. The van der Waals surface area contributed by atoms with Gasteiger partial charge in [-0.15, -0.1) is 0 Å². The number of nitrogens with zero attached hydrogens (tertiary/aromatic N) is 1. The molecule has 0 spiro atoms. The summed E-state index contributed by atoms with van der Waals surface area (Å²) in [5, 5.41) is 1.44. The molecule has 1 aromatic heterocycles. The van der Waals surface area contributed by atoms with Crippen LogP contribution < -0.4 is 11.2 Å². The first-order valence-corrected chi connectivity index (χ1v) is 22.6. The molecular weight excluding hydrogens is 768 g/mol. The Morgan fingerprint density at radius 2 is 1.46 bits per heavy atom. The number of ether oxygens (including phenoxy) is 3. The van der Waals surface area contributed by atoms with Gasteiger partial charge < -0.3 is 33.8 Å². The molecule has 3 fully saturated rings. The van der Waals surface area contributed by atoms with E-state index in [2.05, 4.69) is 17.9 Å². The first kappa shape index (κ1) is 38.0. The molecule has 2 saturated heterocycles. The summed E-state index contributed by atoms with van der Waals surface area (Å²) in [5.41, 5.74) is -0.967. The van der Waals surface area contributed by atoms with Crippen LogP contribution in [0.1, 0.15) is 50.2 Å². The lowest BCUT2D eigenvalue weighted by Gasteiger charge is -2.24. The standard InChI is InChI=1S/C26H32N2O17P4S/c29-21-12-13-28(26(30)27-21)24-23-22(41-25(42-23)18-11-10-16-6-4-5-7-17(16)14-18)20(40-24)15-39-46(31,32)43-47(33,34)44-48(35,36)45-49(37,38)50-19-8-2-1-3-9-19/h4-7,10-14,19-20,22-25H,1-3,8-9,15H2,(H,31,32)(H,33,34)(H,35,36)(H,37,38)(H,27,29,30)/t20-,22+,23?,24-,25?/m1/s1. The molecule has 3 aliphatic rings. The zero-order chi connectivity index (χ0) is 35.9. The van der Waals surface area contributed by atoms with Gasteiger partial charge in [0.2, 0.25) is 0 Å². The second-order valence-electron chi connectivity index (χ2n) is 11.5. The number of hydrogen-bond donors (Lipinski definition) is 5. The zero-order valence-corrected chi connectivity index (χ0v) is 30.0. The van der Waals surface area contributed by atoms with Crippen molar-refractivity contribution in [3.05, 3.63) is 81.1 Å². The number of rotatable bonds is 13. The highest BCUT2D eigenvalue weighted by atomic mass is 32.7. The van der Waals surface area contributed by atoms with E-state index in [1.165, 1.54) is 0 Å². The minimum absolute atomic E-state index is 0.375. The van der Waals surface area contributed by atoms with Crippen molar-refractivity contribution in [2.24, 2.45) is 0 Å². The Labute approximate surface area is 286 Å². The number of phosphoric ester groups is 1. The largest absolute Gasteiger partial charge is 0.490 e. The van der Waals surface area contributed by atoms with Gasteiger partial charge in [-0.3, -0.25) is 18.9 Å². The normalized spacial score (nSPS) is 29.1. The van der Waals surface area contributed by atoms with Gasteiger partial charge in [-0.2, -0.15) is 12.9 Å². The third-order valence-electron chi connectivity index (χ3n) is 7.87. The molecule has 6 rings (SSSR count). The Hall–Kier alpha value is -1.79. The van der Waals surface area contributed by atoms with Crippen molar-refractivity contribution in [1.82, 2.24) is 9.55 Å². The molecule has 3 heterocycles. The molecule has 1 aliphatic carbocycles. The van der Waals surface area contributed by atoms with E-state index in [4.69, 9.17) is 18.7 Å². The summed E-state index contributed by atoms with van der Waals surface area (Å²) in [7, 11) is -17.4. The van der Waals surface area contributed by atoms with E-state index >= 15 is 0 Å². The van der Waals surface area contributed by atoms with Crippen LogP contribution in [0.5, 0.6) is 0 Å². The summed E-state index contributed by atoms with van der Waals surface area (Å²) in [6.45, 7) is -5.79. The van der Waals surface area contributed by atoms with E-state index in [1.807, 2.05) is 36.4 Å². The van der Waals surface area contributed by atoms with Crippen LogP contribution in [0, 0.1) is 0 Å². The van der Waals surface area contributed by atoms with Gasteiger partial charge in [0.05, 0.1) is 6.61 Å². The van der Waals surface area contributed by atoms with Gasteiger partial charge in [0.15, 0.2) is 12.5 Å². The van der Waals surface area contributed by atoms with Crippen LogP contribution in [0.25, 0.3) is 10.8 Å². The minimum atomic E-state index is -5.98. The third-order valence-corrected chi connectivity index (χ3v) is 16.6. The number of nitrogens with one attached hydrogen (secondary N) is 1. The summed E-state index contributed by atoms with van der Waals surface area (Å²) in [6, 6.07) is 14.0. The van der Waals surface area contributed by atoms with Gasteiger partial charge in [-0.25, -0.2) is 23.1 Å². The van der Waals surface area contributed by atoms with Crippen molar-refractivity contribution in [3.8, 4) is 0 Å². The fourth-order valence-electron chi connectivity index (χ4n) is 5.82. The Balaban J connectivity index is 1.13. The lowest BCUT2D eigenvalue weighted by molar-refractivity contribution is -0.154. The van der Waals surface area contributed by atoms with Crippen LogP contribution in [0.3, 0.4) is 0 Å². The molecule has 274 valence electrons. The van der Waals surface area contributed by atoms with E-state index in [0.29, 0.717) is 29.8 Å². The molecule has 24 heteroatoms. The topological polar surface area (TPSA) is 269 Å². The lowest BCUT2D eigenvalue weighted by atomic mass is 10.0. The van der Waals surface area contributed by atoms with Crippen LogP contribution >= 0.6 is 41.6 Å². The van der Waals surface area contributed by atoms with E-state index < -0.39 is 79.0 Å². The fraction of sp³-hybridized carbons (Fsp3) is 0.462. The summed E-state index contributed by atoms with van der Waals surface area (Å²) in [6.07, 6.45) is -1.04. The van der Waals surface area contributed by atoms with Crippen LogP contribution in [-0.4, -0.2) is 59.3 Å². The predicted molar refractivity (Wildman–Crippen MR) is 175 cm³/mol. The van der Waals surface area contributed by atoms with E-state index in [0.717, 1.165) is 46.9 Å². The van der Waals surface area contributed by atoms with Gasteiger partial charge in [-0.1, -0.05) is 55.7 Å². The Morgan fingerprint density at radius 1 is 0.800 bits per heavy atom.